The molecule has 0 aliphatic rings. The minimum Gasteiger partial charge on any atom is -0.408 e. The van der Waals surface area contributed by atoms with Gasteiger partial charge in [-0.25, -0.2) is 0 Å². The molecule has 0 heterocycles. The molecule has 0 aromatic carbocycles. The quantitative estimate of drug-likeness (QED) is 0.264. The molecule has 0 amide bonds. The fraction of sp³-hybridized carbons (Fsp3) is 0.500. The van der Waals surface area contributed by atoms with Gasteiger partial charge >= 0.3 is 0 Å². The van der Waals surface area contributed by atoms with Gasteiger partial charge in [0.05, 0.1) is 0 Å². The summed E-state index contributed by atoms with van der Waals surface area (Å²) in [7, 11) is 1.27. The summed E-state index contributed by atoms with van der Waals surface area (Å²) in [6.45, 7) is 1.32. The zero-order valence-electron chi connectivity index (χ0n) is 5.71. The first-order valence-corrected chi connectivity index (χ1v) is 2.18. The molecule has 4 nitrogen and oxygen atoms in total. The van der Waals surface area contributed by atoms with Gasteiger partial charge in [-0.05, 0) is 6.92 Å². The normalized spacial score (nSPS) is 12.3. The van der Waals surface area contributed by atoms with E-state index < -0.39 is 5.97 Å². The first kappa shape index (κ1) is 11.7. The third kappa shape index (κ3) is 3.88. The Morgan fingerprint density at radius 2 is 2.10 bits per heavy atom. The van der Waals surface area contributed by atoms with Gasteiger partial charge in [0.1, 0.15) is 12.8 Å². The van der Waals surface area contributed by atoms with Gasteiger partial charge in [-0.2, -0.15) is 4.39 Å². The van der Waals surface area contributed by atoms with Crippen molar-refractivity contribution in [2.24, 2.45) is 10.3 Å². The van der Waals surface area contributed by atoms with Crippen molar-refractivity contribution < 1.29 is 14.4 Å². The van der Waals surface area contributed by atoms with Crippen LogP contribution in [0.4, 0.5) is 4.39 Å². The van der Waals surface area contributed by atoms with Gasteiger partial charge in [0.15, 0.2) is 0 Å². The highest BCUT2D eigenvalue weighted by Gasteiger charge is 2.00. The van der Waals surface area contributed by atoms with Crippen LogP contribution in [0, 0.1) is 0 Å². The summed E-state index contributed by atoms with van der Waals surface area (Å²) >= 11 is 0. The van der Waals surface area contributed by atoms with Crippen LogP contribution >= 0.6 is 0 Å². The van der Waals surface area contributed by atoms with Crippen LogP contribution in [0.1, 0.15) is 6.92 Å². The first-order valence-electron chi connectivity index (χ1n) is 2.18. The number of hydrogen-bond donors (Lipinski definition) is 1. The van der Waals surface area contributed by atoms with E-state index in [0.717, 1.165) is 0 Å². The first-order chi connectivity index (χ1) is 4.22. The monoisotopic (exact) mass is 145 g/mol. The zero-order chi connectivity index (χ0) is 7.28. The second-order valence-corrected chi connectivity index (χ2v) is 1.25. The van der Waals surface area contributed by atoms with Crippen molar-refractivity contribution in [3.8, 4) is 0 Å². The minimum absolute atomic E-state index is 0. The molecule has 55 valence electrons. The Kier molecular flexibility index (Phi) is 7.09. The molecule has 0 atom stereocenters. The molecule has 0 saturated heterocycles. The summed E-state index contributed by atoms with van der Waals surface area (Å²) in [5.74, 6) is -1.04. The molecular formula is C4H7BFN2O2. The standard InChI is InChI=1S/C4H7FN2O2.B/c1-3(7-9-2)4(5)6-8;/h8H,1-2H3;. The predicted molar refractivity (Wildman–Crippen MR) is 36.2 cm³/mol. The summed E-state index contributed by atoms with van der Waals surface area (Å²) in [6.07, 6.45) is 0. The van der Waals surface area contributed by atoms with Crippen LogP contribution in [0.15, 0.2) is 10.3 Å². The van der Waals surface area contributed by atoms with E-state index in [4.69, 9.17) is 5.21 Å². The Balaban J connectivity index is 0. The Bertz CT molecular complexity index is 148. The van der Waals surface area contributed by atoms with Crippen LogP contribution in [-0.2, 0) is 4.84 Å². The minimum atomic E-state index is -1.04. The fourth-order valence-electron chi connectivity index (χ4n) is 0.247. The highest BCUT2D eigenvalue weighted by atomic mass is 19.1. The smallest absolute Gasteiger partial charge is 0.274 e. The number of hydrogen-bond acceptors (Lipinski definition) is 4. The van der Waals surface area contributed by atoms with Crippen molar-refractivity contribution >= 4 is 20.1 Å². The van der Waals surface area contributed by atoms with Crippen LogP contribution in [0.25, 0.3) is 0 Å². The lowest BCUT2D eigenvalue weighted by atomic mass is 10.5. The van der Waals surface area contributed by atoms with Crippen LogP contribution < -0.4 is 0 Å². The summed E-state index contributed by atoms with van der Waals surface area (Å²) in [4.78, 5) is 4.18. The molecule has 0 aromatic rings. The highest BCUT2D eigenvalue weighted by Crippen LogP contribution is 1.85. The molecular weight excluding hydrogens is 138 g/mol. The topological polar surface area (TPSA) is 54.2 Å². The van der Waals surface area contributed by atoms with E-state index in [2.05, 4.69) is 15.1 Å². The average molecular weight is 145 g/mol. The Morgan fingerprint density at radius 3 is 2.40 bits per heavy atom. The molecule has 0 saturated carbocycles. The average Bonchev–Trinajstić information content (AvgIpc) is 1.87. The van der Waals surface area contributed by atoms with E-state index in [1.54, 1.807) is 0 Å². The lowest BCUT2D eigenvalue weighted by Crippen LogP contribution is -2.03. The highest BCUT2D eigenvalue weighted by molar-refractivity contribution is 6.37. The predicted octanol–water partition coefficient (Wildman–Crippen LogP) is 0.385. The van der Waals surface area contributed by atoms with Crippen molar-refractivity contribution in [3.05, 3.63) is 0 Å². The van der Waals surface area contributed by atoms with Crippen molar-refractivity contribution in [1.29, 1.82) is 0 Å². The number of nitrogens with zero attached hydrogens (tertiary/aromatic N) is 2. The van der Waals surface area contributed by atoms with E-state index in [-0.39, 0.29) is 14.1 Å². The second kappa shape index (κ2) is 6.06. The molecule has 0 spiro atoms. The Morgan fingerprint density at radius 1 is 1.60 bits per heavy atom. The third-order valence-corrected chi connectivity index (χ3v) is 0.615. The van der Waals surface area contributed by atoms with Gasteiger partial charge < -0.3 is 10.0 Å². The van der Waals surface area contributed by atoms with Gasteiger partial charge in [-0.1, -0.05) is 10.3 Å². The molecule has 1 N–H and O–H groups in total. The molecule has 0 rings (SSSR count). The fourth-order valence-corrected chi connectivity index (χ4v) is 0.247. The van der Waals surface area contributed by atoms with Gasteiger partial charge in [-0.15, -0.1) is 0 Å². The molecule has 0 aliphatic carbocycles. The molecule has 0 fully saturated rings. The summed E-state index contributed by atoms with van der Waals surface area (Å²) in [5.41, 5.74) is -0.0972. The SMILES string of the molecule is CON=C(C)C(F)=NO.[B]. The van der Waals surface area contributed by atoms with Gasteiger partial charge in [0, 0.05) is 8.41 Å². The van der Waals surface area contributed by atoms with Crippen molar-refractivity contribution in [2.75, 3.05) is 7.11 Å². The number of halogens is 1. The summed E-state index contributed by atoms with van der Waals surface area (Å²) in [6, 6.07) is 0. The molecule has 0 unspecified atom stereocenters. The van der Waals surface area contributed by atoms with Crippen LogP contribution in [-0.4, -0.2) is 32.4 Å². The lowest BCUT2D eigenvalue weighted by molar-refractivity contribution is 0.213. The summed E-state index contributed by atoms with van der Waals surface area (Å²) < 4.78 is 12.0. The second-order valence-electron chi connectivity index (χ2n) is 1.25. The van der Waals surface area contributed by atoms with Gasteiger partial charge in [0.25, 0.3) is 5.97 Å². The van der Waals surface area contributed by atoms with Crippen molar-refractivity contribution in [3.63, 3.8) is 0 Å². The van der Waals surface area contributed by atoms with Crippen molar-refractivity contribution in [1.82, 2.24) is 0 Å². The van der Waals surface area contributed by atoms with Gasteiger partial charge in [0.2, 0.25) is 0 Å². The number of rotatable bonds is 2. The van der Waals surface area contributed by atoms with E-state index in [0.29, 0.717) is 0 Å². The van der Waals surface area contributed by atoms with Crippen molar-refractivity contribution in [2.45, 2.75) is 6.92 Å². The molecule has 6 heteroatoms. The van der Waals surface area contributed by atoms with E-state index in [9.17, 15) is 4.39 Å². The molecule has 0 aliphatic heterocycles. The molecule has 3 radical (unpaired) electrons. The van der Waals surface area contributed by atoms with E-state index >= 15 is 0 Å². The van der Waals surface area contributed by atoms with Gasteiger partial charge in [-0.3, -0.25) is 0 Å². The van der Waals surface area contributed by atoms with E-state index in [1.165, 1.54) is 14.0 Å². The maximum absolute atomic E-state index is 12.0. The van der Waals surface area contributed by atoms with E-state index in [1.807, 2.05) is 0 Å². The maximum Gasteiger partial charge on any atom is 0.274 e. The summed E-state index contributed by atoms with van der Waals surface area (Å²) in [5, 5.41) is 13.2. The van der Waals surface area contributed by atoms with Crippen LogP contribution in [0.2, 0.25) is 0 Å². The Hall–Kier alpha value is -1.07. The third-order valence-electron chi connectivity index (χ3n) is 0.615. The van der Waals surface area contributed by atoms with Crippen LogP contribution in [0.5, 0.6) is 0 Å². The molecule has 0 bridgehead atoms. The maximum atomic E-state index is 12.0. The lowest BCUT2D eigenvalue weighted by Gasteiger charge is -1.89. The molecule has 0 aromatic heterocycles. The zero-order valence-corrected chi connectivity index (χ0v) is 5.71. The van der Waals surface area contributed by atoms with Crippen LogP contribution in [0.3, 0.4) is 0 Å². The Labute approximate surface area is 59.9 Å². The largest absolute Gasteiger partial charge is 0.408 e. The number of oxime groups is 2. The molecule has 10 heavy (non-hydrogen) atoms.